The van der Waals surface area contributed by atoms with Crippen molar-refractivity contribution < 1.29 is 14.0 Å². The number of carbonyl (C=O) groups is 2. The first-order valence-electron chi connectivity index (χ1n) is 12.4. The lowest BCUT2D eigenvalue weighted by Gasteiger charge is -2.34. The number of rotatable bonds is 10. The number of thiazole rings is 1. The van der Waals surface area contributed by atoms with Crippen molar-refractivity contribution in [3.05, 3.63) is 40.7 Å². The molecule has 2 aromatic rings. The average molecular weight is 489 g/mol. The van der Waals surface area contributed by atoms with E-state index >= 15 is 0 Å². The van der Waals surface area contributed by atoms with Gasteiger partial charge in [0.25, 0.3) is 5.91 Å². The number of hydrogen-bond acceptors (Lipinski definition) is 5. The zero-order valence-electron chi connectivity index (χ0n) is 20.8. The molecule has 0 saturated carbocycles. The molecule has 8 heteroatoms. The van der Waals surface area contributed by atoms with E-state index in [1.54, 1.807) is 12.1 Å². The maximum atomic E-state index is 13.2. The predicted octanol–water partition coefficient (Wildman–Crippen LogP) is 4.59. The molecule has 186 valence electrons. The van der Waals surface area contributed by atoms with Crippen molar-refractivity contribution in [3.63, 3.8) is 0 Å². The standard InChI is InChI=1S/C26H37FN4O2S/c1-5-30(6-2)15-7-14-28-24(32)18(3)20-12-16-31(17-13-20)26(33)23-19(4)29-25(34-23)21-8-10-22(27)11-9-21/h8-11,18,20H,5-7,12-17H2,1-4H3,(H,28,32)/t18-/m1/s1. The van der Waals surface area contributed by atoms with Crippen LogP contribution in [0, 0.1) is 24.6 Å². The summed E-state index contributed by atoms with van der Waals surface area (Å²) in [6.07, 6.45) is 2.60. The Hall–Kier alpha value is -2.32. The maximum Gasteiger partial charge on any atom is 0.265 e. The van der Waals surface area contributed by atoms with E-state index in [0.717, 1.165) is 49.5 Å². The van der Waals surface area contributed by atoms with E-state index in [1.165, 1.54) is 23.5 Å². The van der Waals surface area contributed by atoms with Crippen LogP contribution < -0.4 is 5.32 Å². The second-order valence-electron chi connectivity index (χ2n) is 9.03. The minimum absolute atomic E-state index is 0.00433. The quantitative estimate of drug-likeness (QED) is 0.497. The van der Waals surface area contributed by atoms with Gasteiger partial charge < -0.3 is 15.1 Å². The van der Waals surface area contributed by atoms with Crippen LogP contribution in [0.3, 0.4) is 0 Å². The Bertz CT molecular complexity index is 950. The molecule has 1 N–H and O–H groups in total. The van der Waals surface area contributed by atoms with E-state index < -0.39 is 0 Å². The van der Waals surface area contributed by atoms with Crippen LogP contribution in [0.4, 0.5) is 4.39 Å². The van der Waals surface area contributed by atoms with Gasteiger partial charge in [-0.15, -0.1) is 11.3 Å². The summed E-state index contributed by atoms with van der Waals surface area (Å²) >= 11 is 1.36. The third kappa shape index (κ3) is 6.63. The third-order valence-corrected chi connectivity index (χ3v) is 8.07. The number of benzene rings is 1. The van der Waals surface area contributed by atoms with Gasteiger partial charge in [0.2, 0.25) is 5.91 Å². The van der Waals surface area contributed by atoms with Crippen molar-refractivity contribution >= 4 is 23.2 Å². The van der Waals surface area contributed by atoms with Gasteiger partial charge in [-0.05, 0) is 76.0 Å². The highest BCUT2D eigenvalue weighted by atomic mass is 32.1. The van der Waals surface area contributed by atoms with E-state index in [0.29, 0.717) is 30.2 Å². The molecule has 1 aliphatic rings. The van der Waals surface area contributed by atoms with Crippen molar-refractivity contribution in [2.24, 2.45) is 11.8 Å². The number of piperidine rings is 1. The van der Waals surface area contributed by atoms with E-state index in [9.17, 15) is 14.0 Å². The van der Waals surface area contributed by atoms with Crippen LogP contribution in [-0.2, 0) is 4.79 Å². The van der Waals surface area contributed by atoms with Crippen molar-refractivity contribution in [1.82, 2.24) is 20.1 Å². The molecule has 1 atom stereocenters. The molecular formula is C26H37FN4O2S. The van der Waals surface area contributed by atoms with Crippen molar-refractivity contribution in [2.45, 2.75) is 47.0 Å². The summed E-state index contributed by atoms with van der Waals surface area (Å²) in [4.78, 5) is 35.2. The summed E-state index contributed by atoms with van der Waals surface area (Å²) in [5.74, 6) is 0.0470. The first kappa shape index (κ1) is 26.3. The summed E-state index contributed by atoms with van der Waals surface area (Å²) in [7, 11) is 0. The molecule has 1 saturated heterocycles. The monoisotopic (exact) mass is 488 g/mol. The van der Waals surface area contributed by atoms with Gasteiger partial charge >= 0.3 is 0 Å². The van der Waals surface area contributed by atoms with E-state index in [4.69, 9.17) is 0 Å². The molecule has 0 aliphatic carbocycles. The second-order valence-corrected chi connectivity index (χ2v) is 10.0. The van der Waals surface area contributed by atoms with Crippen LogP contribution in [-0.4, -0.2) is 65.9 Å². The molecule has 1 fully saturated rings. The molecule has 3 rings (SSSR count). The predicted molar refractivity (Wildman–Crippen MR) is 135 cm³/mol. The number of hydrogen-bond donors (Lipinski definition) is 1. The molecule has 2 heterocycles. The number of amides is 2. The fourth-order valence-electron chi connectivity index (χ4n) is 4.49. The minimum Gasteiger partial charge on any atom is -0.356 e. The maximum absolute atomic E-state index is 13.2. The molecular weight excluding hydrogens is 451 g/mol. The van der Waals surface area contributed by atoms with Gasteiger partial charge in [0.15, 0.2) is 0 Å². The Morgan fingerprint density at radius 3 is 2.47 bits per heavy atom. The molecule has 0 radical (unpaired) electrons. The van der Waals surface area contributed by atoms with Gasteiger partial charge in [0, 0.05) is 31.1 Å². The smallest absolute Gasteiger partial charge is 0.265 e. The van der Waals surface area contributed by atoms with Crippen molar-refractivity contribution in [3.8, 4) is 10.6 Å². The fourth-order valence-corrected chi connectivity index (χ4v) is 5.53. The van der Waals surface area contributed by atoms with Gasteiger partial charge in [-0.2, -0.15) is 0 Å². The topological polar surface area (TPSA) is 65.5 Å². The number of aryl methyl sites for hydroxylation is 1. The average Bonchev–Trinajstić information content (AvgIpc) is 3.25. The highest BCUT2D eigenvalue weighted by Gasteiger charge is 2.31. The first-order chi connectivity index (χ1) is 16.3. The van der Waals surface area contributed by atoms with Gasteiger partial charge in [-0.3, -0.25) is 9.59 Å². The van der Waals surface area contributed by atoms with Gasteiger partial charge in [-0.1, -0.05) is 20.8 Å². The van der Waals surface area contributed by atoms with E-state index in [1.807, 2.05) is 18.7 Å². The van der Waals surface area contributed by atoms with E-state index in [-0.39, 0.29) is 29.5 Å². The third-order valence-electron chi connectivity index (χ3n) is 6.87. The summed E-state index contributed by atoms with van der Waals surface area (Å²) in [6.45, 7) is 13.2. The Morgan fingerprint density at radius 1 is 1.21 bits per heavy atom. The van der Waals surface area contributed by atoms with Crippen molar-refractivity contribution in [1.29, 1.82) is 0 Å². The van der Waals surface area contributed by atoms with E-state index in [2.05, 4.69) is 29.0 Å². The summed E-state index contributed by atoms with van der Waals surface area (Å²) in [6, 6.07) is 6.17. The van der Waals surface area contributed by atoms with Gasteiger partial charge in [0.05, 0.1) is 5.69 Å². The van der Waals surface area contributed by atoms with Crippen LogP contribution in [0.1, 0.15) is 55.4 Å². The number of halogens is 1. The van der Waals surface area contributed by atoms with Gasteiger partial charge in [0.1, 0.15) is 15.7 Å². The zero-order chi connectivity index (χ0) is 24.7. The highest BCUT2D eigenvalue weighted by molar-refractivity contribution is 7.17. The minimum atomic E-state index is -0.293. The second kappa shape index (κ2) is 12.4. The van der Waals surface area contributed by atoms with Crippen molar-refractivity contribution in [2.75, 3.05) is 39.3 Å². The lowest BCUT2D eigenvalue weighted by molar-refractivity contribution is -0.126. The SMILES string of the molecule is CCN(CC)CCCNC(=O)[C@H](C)C1CCN(C(=O)c2sc(-c3ccc(F)cc3)nc2C)CC1. The van der Waals surface area contributed by atoms with Crippen LogP contribution in [0.25, 0.3) is 10.6 Å². The van der Waals surface area contributed by atoms with Crippen LogP contribution in [0.15, 0.2) is 24.3 Å². The zero-order valence-corrected chi connectivity index (χ0v) is 21.6. The highest BCUT2D eigenvalue weighted by Crippen LogP contribution is 2.31. The first-order valence-corrected chi connectivity index (χ1v) is 13.2. The largest absolute Gasteiger partial charge is 0.356 e. The number of carbonyl (C=O) groups excluding carboxylic acids is 2. The summed E-state index contributed by atoms with van der Waals surface area (Å²) in [5.41, 5.74) is 1.51. The Morgan fingerprint density at radius 2 is 1.85 bits per heavy atom. The molecule has 2 amide bonds. The molecule has 0 unspecified atom stereocenters. The number of likely N-dealkylation sites (tertiary alicyclic amines) is 1. The number of nitrogens with one attached hydrogen (secondary N) is 1. The molecule has 1 aliphatic heterocycles. The lowest BCUT2D eigenvalue weighted by Crippen LogP contribution is -2.43. The molecule has 0 spiro atoms. The van der Waals surface area contributed by atoms with Crippen LogP contribution in [0.2, 0.25) is 0 Å². The fraction of sp³-hybridized carbons (Fsp3) is 0.577. The molecule has 1 aromatic heterocycles. The summed E-state index contributed by atoms with van der Waals surface area (Å²) < 4.78 is 13.2. The van der Waals surface area contributed by atoms with Crippen LogP contribution >= 0.6 is 11.3 Å². The Labute approximate surface area is 206 Å². The molecule has 0 bridgehead atoms. The Kier molecular flexibility index (Phi) is 9.59. The Balaban J connectivity index is 1.49. The number of nitrogens with zero attached hydrogens (tertiary/aromatic N) is 3. The molecule has 6 nitrogen and oxygen atoms in total. The lowest BCUT2D eigenvalue weighted by atomic mass is 9.84. The molecule has 34 heavy (non-hydrogen) atoms. The summed E-state index contributed by atoms with van der Waals surface area (Å²) in [5, 5.41) is 3.82. The van der Waals surface area contributed by atoms with Crippen LogP contribution in [0.5, 0.6) is 0 Å². The molecule has 1 aromatic carbocycles. The van der Waals surface area contributed by atoms with Gasteiger partial charge in [-0.25, -0.2) is 9.37 Å². The number of aromatic nitrogens is 1. The normalized spacial score (nSPS) is 15.5.